The quantitative estimate of drug-likeness (QED) is 0.354. The molecule has 2 aromatic carbocycles. The number of anilines is 1. The summed E-state index contributed by atoms with van der Waals surface area (Å²) in [7, 11) is 0. The first kappa shape index (κ1) is 21.9. The molecule has 0 aliphatic heterocycles. The highest BCUT2D eigenvalue weighted by atomic mass is 32.2. The number of nitrogen functional groups attached to an aromatic ring is 1. The summed E-state index contributed by atoms with van der Waals surface area (Å²) in [5.41, 5.74) is 8.37. The summed E-state index contributed by atoms with van der Waals surface area (Å²) in [6.07, 6.45) is 0.758. The van der Waals surface area contributed by atoms with E-state index in [1.165, 1.54) is 23.7 Å². The van der Waals surface area contributed by atoms with Crippen LogP contribution in [0.25, 0.3) is 11.2 Å². The van der Waals surface area contributed by atoms with Gasteiger partial charge in [0.05, 0.1) is 12.6 Å². The van der Waals surface area contributed by atoms with Crippen molar-refractivity contribution in [3.8, 4) is 11.5 Å². The lowest BCUT2D eigenvalue weighted by Crippen LogP contribution is -2.20. The average Bonchev–Trinajstić information content (AvgIpc) is 3.17. The molecule has 0 unspecified atom stereocenters. The summed E-state index contributed by atoms with van der Waals surface area (Å²) in [4.78, 5) is 13.0. The minimum Gasteiger partial charge on any atom is -0.492 e. The summed E-state index contributed by atoms with van der Waals surface area (Å²) in [5, 5.41) is 11.1. The van der Waals surface area contributed by atoms with Gasteiger partial charge in [0.15, 0.2) is 22.1 Å². The molecule has 0 saturated carbocycles. The molecule has 166 valence electrons. The van der Waals surface area contributed by atoms with Gasteiger partial charge in [-0.15, -0.1) is 0 Å². The number of thioether (sulfide) groups is 1. The summed E-state index contributed by atoms with van der Waals surface area (Å²) in [6.45, 7) is 3.19. The summed E-state index contributed by atoms with van der Waals surface area (Å²) >= 11 is 1.42. The molecule has 32 heavy (non-hydrogen) atoms. The normalized spacial score (nSPS) is 12.1. The predicted molar refractivity (Wildman–Crippen MR) is 125 cm³/mol. The van der Waals surface area contributed by atoms with Gasteiger partial charge in [-0.25, -0.2) is 15.0 Å². The molecule has 1 atom stereocenters. The lowest BCUT2D eigenvalue weighted by molar-refractivity contribution is 0.126. The minimum atomic E-state index is -0.666. The van der Waals surface area contributed by atoms with Gasteiger partial charge < -0.3 is 24.9 Å². The van der Waals surface area contributed by atoms with Crippen LogP contribution in [0.15, 0.2) is 66.1 Å². The Morgan fingerprint density at radius 1 is 1.03 bits per heavy atom. The lowest BCUT2D eigenvalue weighted by Gasteiger charge is -2.13. The van der Waals surface area contributed by atoms with Crippen molar-refractivity contribution in [3.05, 3.63) is 66.5 Å². The van der Waals surface area contributed by atoms with E-state index in [1.807, 2.05) is 66.1 Å². The van der Waals surface area contributed by atoms with Crippen LogP contribution >= 0.6 is 11.8 Å². The van der Waals surface area contributed by atoms with E-state index >= 15 is 0 Å². The maximum atomic E-state index is 10.4. The van der Waals surface area contributed by atoms with E-state index < -0.39 is 6.10 Å². The predicted octanol–water partition coefficient (Wildman–Crippen LogP) is 3.33. The number of fused-ring (bicyclic) bond motifs is 1. The number of nitrogens with zero attached hydrogens (tertiary/aromatic N) is 4. The number of aromatic nitrogens is 4. The van der Waals surface area contributed by atoms with Crippen LogP contribution in [0.2, 0.25) is 0 Å². The Morgan fingerprint density at radius 2 is 1.78 bits per heavy atom. The number of hydrogen-bond acceptors (Lipinski definition) is 8. The first-order chi connectivity index (χ1) is 15.6. The first-order valence-corrected chi connectivity index (χ1v) is 11.2. The molecule has 3 N–H and O–H groups in total. The SMILES string of the molecule is Cc1ccc(OCCn2c(SC[C@@H](O)COc3ccccc3)nc3c(N)ncnc32)cc1. The van der Waals surface area contributed by atoms with Gasteiger partial charge in [0.1, 0.15) is 31.0 Å². The standard InChI is InChI=1S/C23H25N5O3S/c1-16-7-9-19(10-8-16)30-12-11-28-22-20(21(24)25-15-26-22)27-23(28)32-14-17(29)13-31-18-5-3-2-4-6-18/h2-10,15,17,29H,11-14H2,1H3,(H2,24,25,26)/t17-/m0/s1. The zero-order valence-electron chi connectivity index (χ0n) is 17.7. The highest BCUT2D eigenvalue weighted by molar-refractivity contribution is 7.99. The van der Waals surface area contributed by atoms with Crippen LogP contribution in [-0.4, -0.2) is 49.7 Å². The Labute approximate surface area is 190 Å². The lowest BCUT2D eigenvalue weighted by atomic mass is 10.2. The van der Waals surface area contributed by atoms with Gasteiger partial charge >= 0.3 is 0 Å². The molecule has 8 nitrogen and oxygen atoms in total. The van der Waals surface area contributed by atoms with Crippen molar-refractivity contribution in [2.45, 2.75) is 24.7 Å². The van der Waals surface area contributed by atoms with Crippen molar-refractivity contribution >= 4 is 28.7 Å². The first-order valence-electron chi connectivity index (χ1n) is 10.2. The van der Waals surface area contributed by atoms with Crippen molar-refractivity contribution in [2.75, 3.05) is 24.7 Å². The Kier molecular flexibility index (Phi) is 7.08. The highest BCUT2D eigenvalue weighted by Gasteiger charge is 2.17. The fourth-order valence-electron chi connectivity index (χ4n) is 3.06. The molecule has 0 aliphatic rings. The van der Waals surface area contributed by atoms with Crippen LogP contribution in [0.3, 0.4) is 0 Å². The number of ether oxygens (including phenoxy) is 2. The summed E-state index contributed by atoms with van der Waals surface area (Å²) < 4.78 is 13.5. The van der Waals surface area contributed by atoms with Crippen LogP contribution in [0, 0.1) is 6.92 Å². The Bertz CT molecular complexity index is 1150. The monoisotopic (exact) mass is 451 g/mol. The van der Waals surface area contributed by atoms with E-state index in [-0.39, 0.29) is 6.61 Å². The molecule has 2 aromatic heterocycles. The van der Waals surface area contributed by atoms with Crippen LogP contribution in [-0.2, 0) is 6.54 Å². The molecule has 9 heteroatoms. The van der Waals surface area contributed by atoms with Gasteiger partial charge in [-0.1, -0.05) is 47.7 Å². The highest BCUT2D eigenvalue weighted by Crippen LogP contribution is 2.26. The van der Waals surface area contributed by atoms with Crippen LogP contribution in [0.1, 0.15) is 5.56 Å². The largest absolute Gasteiger partial charge is 0.492 e. The van der Waals surface area contributed by atoms with Crippen LogP contribution < -0.4 is 15.2 Å². The average molecular weight is 452 g/mol. The van der Waals surface area contributed by atoms with Crippen molar-refractivity contribution in [1.82, 2.24) is 19.5 Å². The number of nitrogens with two attached hydrogens (primary N) is 1. The van der Waals surface area contributed by atoms with Gasteiger partial charge in [-0.05, 0) is 31.2 Å². The maximum absolute atomic E-state index is 10.4. The molecule has 2 heterocycles. The fraction of sp³-hybridized carbons (Fsp3) is 0.261. The van der Waals surface area contributed by atoms with Crippen LogP contribution in [0.4, 0.5) is 5.82 Å². The molecule has 0 spiro atoms. The molecular formula is C23H25N5O3S. The van der Waals surface area contributed by atoms with E-state index in [0.29, 0.717) is 41.0 Å². The maximum Gasteiger partial charge on any atom is 0.170 e. The Morgan fingerprint density at radius 3 is 2.56 bits per heavy atom. The van der Waals surface area contributed by atoms with Crippen molar-refractivity contribution in [1.29, 1.82) is 0 Å². The molecular weight excluding hydrogens is 426 g/mol. The van der Waals surface area contributed by atoms with E-state index in [2.05, 4.69) is 15.0 Å². The number of aliphatic hydroxyl groups excluding tert-OH is 1. The Hall–Kier alpha value is -3.30. The summed E-state index contributed by atoms with van der Waals surface area (Å²) in [5.74, 6) is 2.25. The van der Waals surface area contributed by atoms with Crippen LogP contribution in [0.5, 0.6) is 11.5 Å². The Balaban J connectivity index is 1.41. The van der Waals surface area contributed by atoms with Gasteiger partial charge in [0, 0.05) is 5.75 Å². The number of para-hydroxylation sites is 1. The number of benzene rings is 2. The zero-order chi connectivity index (χ0) is 22.3. The van der Waals surface area contributed by atoms with E-state index in [9.17, 15) is 5.11 Å². The number of aryl methyl sites for hydroxylation is 1. The van der Waals surface area contributed by atoms with E-state index in [4.69, 9.17) is 15.2 Å². The van der Waals surface area contributed by atoms with Crippen molar-refractivity contribution < 1.29 is 14.6 Å². The minimum absolute atomic E-state index is 0.190. The van der Waals surface area contributed by atoms with Crippen molar-refractivity contribution in [2.24, 2.45) is 0 Å². The summed E-state index contributed by atoms with van der Waals surface area (Å²) in [6, 6.07) is 17.3. The second kappa shape index (κ2) is 10.3. The molecule has 0 radical (unpaired) electrons. The van der Waals surface area contributed by atoms with Gasteiger partial charge in [0.2, 0.25) is 0 Å². The number of imidazole rings is 1. The van der Waals surface area contributed by atoms with Gasteiger partial charge in [-0.3, -0.25) is 0 Å². The molecule has 0 fully saturated rings. The third-order valence-corrected chi connectivity index (χ3v) is 5.84. The topological polar surface area (TPSA) is 108 Å². The number of aliphatic hydroxyl groups is 1. The molecule has 0 amide bonds. The smallest absolute Gasteiger partial charge is 0.170 e. The van der Waals surface area contributed by atoms with E-state index in [0.717, 1.165) is 11.5 Å². The van der Waals surface area contributed by atoms with Gasteiger partial charge in [0.25, 0.3) is 0 Å². The zero-order valence-corrected chi connectivity index (χ0v) is 18.5. The third kappa shape index (κ3) is 5.49. The fourth-order valence-corrected chi connectivity index (χ4v) is 3.99. The second-order valence-electron chi connectivity index (χ2n) is 7.23. The molecule has 0 bridgehead atoms. The van der Waals surface area contributed by atoms with Gasteiger partial charge in [-0.2, -0.15) is 0 Å². The molecule has 4 aromatic rings. The third-order valence-electron chi connectivity index (χ3n) is 4.72. The number of rotatable bonds is 10. The van der Waals surface area contributed by atoms with E-state index in [1.54, 1.807) is 0 Å². The molecule has 0 aliphatic carbocycles. The second-order valence-corrected chi connectivity index (χ2v) is 8.21. The molecule has 4 rings (SSSR count). The van der Waals surface area contributed by atoms with Crippen molar-refractivity contribution in [3.63, 3.8) is 0 Å². The molecule has 0 saturated heterocycles. The number of hydrogen-bond donors (Lipinski definition) is 2.